The number of aromatic nitrogens is 3. The van der Waals surface area contributed by atoms with Gasteiger partial charge < -0.3 is 19.8 Å². The average Bonchev–Trinajstić information content (AvgIpc) is 3.08. The second-order valence-corrected chi connectivity index (χ2v) is 7.37. The minimum absolute atomic E-state index is 0.0455. The molecule has 0 aliphatic carbocycles. The maximum atomic E-state index is 12.0. The van der Waals surface area contributed by atoms with E-state index in [0.29, 0.717) is 5.69 Å². The molecule has 0 spiro atoms. The number of hydroxylamine groups is 1. The SMILES string of the molecule is O=c1[nH]c2cc([N+](=O)[O-])cc(CNOP(=O)(O)Cc3ccc[nH]3)c2[nH]c1=O. The second kappa shape index (κ2) is 7.29. The van der Waals surface area contributed by atoms with E-state index in [1.54, 1.807) is 18.3 Å². The molecule has 142 valence electrons. The molecule has 0 bridgehead atoms. The molecule has 13 heteroatoms. The number of hydrogen-bond donors (Lipinski definition) is 5. The predicted molar refractivity (Wildman–Crippen MR) is 94.1 cm³/mol. The topological polar surface area (TPSA) is 183 Å². The van der Waals surface area contributed by atoms with Crippen LogP contribution in [0.3, 0.4) is 0 Å². The van der Waals surface area contributed by atoms with Crippen LogP contribution in [0.1, 0.15) is 11.3 Å². The lowest BCUT2D eigenvalue weighted by Gasteiger charge is -2.12. The number of nitro groups is 1. The van der Waals surface area contributed by atoms with Gasteiger partial charge in [0.05, 0.1) is 22.1 Å². The molecule has 0 radical (unpaired) electrons. The lowest BCUT2D eigenvalue weighted by Crippen LogP contribution is -2.29. The molecule has 0 saturated heterocycles. The van der Waals surface area contributed by atoms with Crippen molar-refractivity contribution in [1.82, 2.24) is 20.4 Å². The van der Waals surface area contributed by atoms with Crippen LogP contribution in [0, 0.1) is 10.1 Å². The van der Waals surface area contributed by atoms with Crippen molar-refractivity contribution in [2.75, 3.05) is 0 Å². The van der Waals surface area contributed by atoms with Crippen LogP contribution < -0.4 is 16.6 Å². The molecule has 5 N–H and O–H groups in total. The Hall–Kier alpha value is -3.05. The molecule has 3 rings (SSSR count). The van der Waals surface area contributed by atoms with Crippen LogP contribution in [0.2, 0.25) is 0 Å². The van der Waals surface area contributed by atoms with Gasteiger partial charge in [-0.2, -0.15) is 5.48 Å². The van der Waals surface area contributed by atoms with Gasteiger partial charge in [0.25, 0.3) is 5.69 Å². The van der Waals surface area contributed by atoms with Gasteiger partial charge in [-0.05, 0) is 12.1 Å². The summed E-state index contributed by atoms with van der Waals surface area (Å²) >= 11 is 0. The summed E-state index contributed by atoms with van der Waals surface area (Å²) in [6.07, 6.45) is 1.32. The Morgan fingerprint density at radius 1 is 1.26 bits per heavy atom. The Kier molecular flexibility index (Phi) is 5.06. The summed E-state index contributed by atoms with van der Waals surface area (Å²) < 4.78 is 16.9. The summed E-state index contributed by atoms with van der Waals surface area (Å²) in [5.41, 5.74) is 0.925. The summed E-state index contributed by atoms with van der Waals surface area (Å²) in [6, 6.07) is 5.52. The fraction of sp³-hybridized carbons (Fsp3) is 0.143. The summed E-state index contributed by atoms with van der Waals surface area (Å²) in [4.78, 5) is 50.6. The van der Waals surface area contributed by atoms with Gasteiger partial charge in [-0.25, -0.2) is 4.62 Å². The second-order valence-electron chi connectivity index (χ2n) is 5.60. The third kappa shape index (κ3) is 4.38. The van der Waals surface area contributed by atoms with Crippen LogP contribution in [0.25, 0.3) is 11.0 Å². The Labute approximate surface area is 149 Å². The van der Waals surface area contributed by atoms with Gasteiger partial charge in [-0.15, -0.1) is 0 Å². The van der Waals surface area contributed by atoms with Crippen molar-refractivity contribution in [1.29, 1.82) is 0 Å². The van der Waals surface area contributed by atoms with E-state index in [2.05, 4.69) is 20.4 Å². The molecule has 0 saturated carbocycles. The van der Waals surface area contributed by atoms with Gasteiger partial charge in [0, 0.05) is 36.1 Å². The normalized spacial score (nSPS) is 13.5. The molecule has 12 nitrogen and oxygen atoms in total. The number of aromatic amines is 3. The Balaban J connectivity index is 1.84. The van der Waals surface area contributed by atoms with Crippen molar-refractivity contribution in [2.24, 2.45) is 0 Å². The van der Waals surface area contributed by atoms with Gasteiger partial charge in [-0.1, -0.05) is 0 Å². The van der Waals surface area contributed by atoms with E-state index < -0.39 is 23.6 Å². The molecule has 0 amide bonds. The summed E-state index contributed by atoms with van der Waals surface area (Å²) in [5.74, 6) is 0. The first-order chi connectivity index (χ1) is 12.7. The van der Waals surface area contributed by atoms with Crippen LogP contribution in [0.15, 0.2) is 40.1 Å². The van der Waals surface area contributed by atoms with E-state index in [-0.39, 0.29) is 35.0 Å². The van der Waals surface area contributed by atoms with Crippen LogP contribution in [-0.2, 0) is 21.9 Å². The highest BCUT2D eigenvalue weighted by Crippen LogP contribution is 2.44. The van der Waals surface area contributed by atoms with Crippen molar-refractivity contribution < 1.29 is 19.0 Å². The molecule has 3 aromatic rings. The van der Waals surface area contributed by atoms with Gasteiger partial charge in [0.15, 0.2) is 0 Å². The highest BCUT2D eigenvalue weighted by molar-refractivity contribution is 7.51. The van der Waals surface area contributed by atoms with E-state index in [9.17, 15) is 29.2 Å². The molecule has 0 aliphatic heterocycles. The van der Waals surface area contributed by atoms with E-state index in [0.717, 1.165) is 12.1 Å². The lowest BCUT2D eigenvalue weighted by molar-refractivity contribution is -0.384. The fourth-order valence-corrected chi connectivity index (χ4v) is 3.41. The lowest BCUT2D eigenvalue weighted by atomic mass is 10.1. The number of benzene rings is 1. The first-order valence-corrected chi connectivity index (χ1v) is 9.30. The Bertz CT molecular complexity index is 1150. The van der Waals surface area contributed by atoms with Crippen LogP contribution >= 0.6 is 7.60 Å². The number of non-ortho nitro benzene ring substituents is 1. The predicted octanol–water partition coefficient (Wildman–Crippen LogP) is 0.859. The summed E-state index contributed by atoms with van der Waals surface area (Å²) in [5, 5.41) is 11.1. The molecule has 1 unspecified atom stereocenters. The summed E-state index contributed by atoms with van der Waals surface area (Å²) in [7, 11) is -4.03. The van der Waals surface area contributed by atoms with Crippen molar-refractivity contribution >= 4 is 24.3 Å². The van der Waals surface area contributed by atoms with E-state index in [1.807, 2.05) is 0 Å². The van der Waals surface area contributed by atoms with Crippen LogP contribution in [0.4, 0.5) is 5.69 Å². The molecular formula is C14H14N5O7P. The quantitative estimate of drug-likeness (QED) is 0.169. The Morgan fingerprint density at radius 2 is 2.00 bits per heavy atom. The van der Waals surface area contributed by atoms with Gasteiger partial charge in [0.2, 0.25) is 0 Å². The zero-order valence-corrected chi connectivity index (χ0v) is 14.5. The van der Waals surface area contributed by atoms with Gasteiger partial charge >= 0.3 is 18.7 Å². The minimum atomic E-state index is -4.03. The minimum Gasteiger partial charge on any atom is -0.364 e. The fourth-order valence-electron chi connectivity index (χ4n) is 2.45. The maximum absolute atomic E-state index is 12.0. The standard InChI is InChI=1S/C14H14N5O7P/c20-13-14(21)18-12-8(4-10(19(22)23)5-11(12)17-13)6-16-26-27(24,25)7-9-2-1-3-15-9/h1-5,15-16H,6-7H2,(H,17,20)(H,18,21)(H,24,25). The maximum Gasteiger partial charge on any atom is 0.350 e. The number of fused-ring (bicyclic) bond motifs is 1. The number of nitro benzene ring substituents is 1. The molecule has 2 aromatic heterocycles. The van der Waals surface area contributed by atoms with Crippen molar-refractivity contribution in [2.45, 2.75) is 12.7 Å². The first-order valence-electron chi connectivity index (χ1n) is 7.54. The molecule has 2 heterocycles. The molecular weight excluding hydrogens is 381 g/mol. The number of nitrogens with zero attached hydrogens (tertiary/aromatic N) is 1. The van der Waals surface area contributed by atoms with Crippen molar-refractivity contribution in [3.63, 3.8) is 0 Å². The first kappa shape index (κ1) is 18.7. The molecule has 27 heavy (non-hydrogen) atoms. The van der Waals surface area contributed by atoms with E-state index in [1.165, 1.54) is 0 Å². The largest absolute Gasteiger partial charge is 0.364 e. The molecule has 0 aliphatic rings. The van der Waals surface area contributed by atoms with Gasteiger partial charge in [0.1, 0.15) is 0 Å². The number of rotatable bonds is 7. The Morgan fingerprint density at radius 3 is 2.67 bits per heavy atom. The van der Waals surface area contributed by atoms with Crippen molar-refractivity contribution in [3.05, 3.63) is 72.5 Å². The highest BCUT2D eigenvalue weighted by Gasteiger charge is 2.22. The number of H-pyrrole nitrogens is 3. The number of hydrogen-bond acceptors (Lipinski definition) is 7. The zero-order valence-electron chi connectivity index (χ0n) is 13.6. The molecule has 0 fully saturated rings. The summed E-state index contributed by atoms with van der Waals surface area (Å²) in [6.45, 7) is -0.241. The van der Waals surface area contributed by atoms with Crippen molar-refractivity contribution in [3.8, 4) is 0 Å². The highest BCUT2D eigenvalue weighted by atomic mass is 31.2. The number of nitrogens with one attached hydrogen (secondary N) is 4. The van der Waals surface area contributed by atoms with Crippen LogP contribution in [0.5, 0.6) is 0 Å². The monoisotopic (exact) mass is 395 g/mol. The molecule has 1 atom stereocenters. The average molecular weight is 395 g/mol. The van der Waals surface area contributed by atoms with Gasteiger partial charge in [-0.3, -0.25) is 24.3 Å². The van der Waals surface area contributed by atoms with E-state index in [4.69, 9.17) is 4.62 Å². The zero-order chi connectivity index (χ0) is 19.6. The third-order valence-electron chi connectivity index (χ3n) is 3.61. The smallest absolute Gasteiger partial charge is 0.350 e. The van der Waals surface area contributed by atoms with E-state index >= 15 is 0 Å². The third-order valence-corrected chi connectivity index (χ3v) is 4.77. The van der Waals surface area contributed by atoms with Crippen LogP contribution in [-0.4, -0.2) is 24.8 Å². The molecule has 1 aromatic carbocycles.